The molecule has 0 spiro atoms. The molecule has 2 rings (SSSR count). The van der Waals surface area contributed by atoms with Crippen molar-refractivity contribution < 1.29 is 4.42 Å². The van der Waals surface area contributed by atoms with Crippen molar-refractivity contribution in [3.63, 3.8) is 0 Å². The standard InChI is InChI=1S/C14H23NO/c1-3-14-12(9-10-16-14)13(15-4-2)8-7-11-5-6-11/h9-11,13,15H,3-8H2,1-2H3. The molecule has 1 heterocycles. The lowest BCUT2D eigenvalue weighted by Crippen LogP contribution is -2.21. The monoisotopic (exact) mass is 221 g/mol. The van der Waals surface area contributed by atoms with Crippen molar-refractivity contribution in [3.8, 4) is 0 Å². The highest BCUT2D eigenvalue weighted by Gasteiger charge is 2.24. The Morgan fingerprint density at radius 1 is 1.44 bits per heavy atom. The molecular formula is C14H23NO. The first-order valence-corrected chi connectivity index (χ1v) is 6.64. The SMILES string of the molecule is CCNC(CCC1CC1)c1ccoc1CC. The number of hydrogen-bond donors (Lipinski definition) is 1. The van der Waals surface area contributed by atoms with Crippen LogP contribution >= 0.6 is 0 Å². The number of furan rings is 1. The van der Waals surface area contributed by atoms with Crippen molar-refractivity contribution in [1.82, 2.24) is 5.32 Å². The predicted octanol–water partition coefficient (Wildman–Crippen LogP) is 3.68. The van der Waals surface area contributed by atoms with E-state index in [2.05, 4.69) is 25.2 Å². The topological polar surface area (TPSA) is 25.2 Å². The van der Waals surface area contributed by atoms with Crippen molar-refractivity contribution in [1.29, 1.82) is 0 Å². The van der Waals surface area contributed by atoms with Crippen LogP contribution in [0.15, 0.2) is 16.7 Å². The molecule has 0 amide bonds. The minimum Gasteiger partial charge on any atom is -0.469 e. The van der Waals surface area contributed by atoms with Crippen molar-refractivity contribution in [3.05, 3.63) is 23.7 Å². The number of hydrogen-bond acceptors (Lipinski definition) is 2. The lowest BCUT2D eigenvalue weighted by atomic mass is 10.00. The van der Waals surface area contributed by atoms with E-state index in [1.165, 1.54) is 31.2 Å². The summed E-state index contributed by atoms with van der Waals surface area (Å²) in [7, 11) is 0. The summed E-state index contributed by atoms with van der Waals surface area (Å²) in [4.78, 5) is 0. The summed E-state index contributed by atoms with van der Waals surface area (Å²) in [6.07, 6.45) is 8.34. The van der Waals surface area contributed by atoms with Crippen molar-refractivity contribution in [2.75, 3.05) is 6.54 Å². The molecule has 1 aliphatic rings. The Labute approximate surface area is 98.4 Å². The molecule has 1 aliphatic carbocycles. The maximum Gasteiger partial charge on any atom is 0.108 e. The predicted molar refractivity (Wildman–Crippen MR) is 66.5 cm³/mol. The zero-order chi connectivity index (χ0) is 11.4. The van der Waals surface area contributed by atoms with Crippen LogP contribution in [0, 0.1) is 5.92 Å². The summed E-state index contributed by atoms with van der Waals surface area (Å²) < 4.78 is 5.52. The molecule has 0 bridgehead atoms. The summed E-state index contributed by atoms with van der Waals surface area (Å²) in [5.41, 5.74) is 1.38. The molecule has 0 radical (unpaired) electrons. The average molecular weight is 221 g/mol. The third-order valence-electron chi connectivity index (χ3n) is 3.49. The van der Waals surface area contributed by atoms with Gasteiger partial charge in [0.15, 0.2) is 0 Å². The smallest absolute Gasteiger partial charge is 0.108 e. The summed E-state index contributed by atoms with van der Waals surface area (Å²) in [6, 6.07) is 2.64. The second kappa shape index (κ2) is 5.53. The third kappa shape index (κ3) is 2.88. The molecule has 2 heteroatoms. The van der Waals surface area contributed by atoms with Gasteiger partial charge in [0, 0.05) is 18.0 Å². The molecule has 2 nitrogen and oxygen atoms in total. The van der Waals surface area contributed by atoms with Gasteiger partial charge in [-0.15, -0.1) is 0 Å². The Morgan fingerprint density at radius 2 is 2.25 bits per heavy atom. The summed E-state index contributed by atoms with van der Waals surface area (Å²) in [6.45, 7) is 5.37. The Kier molecular flexibility index (Phi) is 4.05. The Morgan fingerprint density at radius 3 is 2.88 bits per heavy atom. The lowest BCUT2D eigenvalue weighted by molar-refractivity contribution is 0.457. The van der Waals surface area contributed by atoms with Gasteiger partial charge in [0.05, 0.1) is 6.26 Å². The molecule has 0 saturated heterocycles. The quantitative estimate of drug-likeness (QED) is 0.759. The molecule has 1 aromatic rings. The van der Waals surface area contributed by atoms with E-state index in [9.17, 15) is 0 Å². The molecule has 1 unspecified atom stereocenters. The largest absolute Gasteiger partial charge is 0.469 e. The van der Waals surface area contributed by atoms with Gasteiger partial charge in [-0.2, -0.15) is 0 Å². The van der Waals surface area contributed by atoms with Crippen molar-refractivity contribution >= 4 is 0 Å². The zero-order valence-corrected chi connectivity index (χ0v) is 10.5. The van der Waals surface area contributed by atoms with E-state index >= 15 is 0 Å². The normalized spacial score (nSPS) is 17.6. The second-order valence-corrected chi connectivity index (χ2v) is 4.78. The molecule has 0 aromatic carbocycles. The molecular weight excluding hydrogens is 198 g/mol. The maximum atomic E-state index is 5.52. The Hall–Kier alpha value is -0.760. The van der Waals surface area contributed by atoms with Crippen molar-refractivity contribution in [2.24, 2.45) is 5.92 Å². The molecule has 0 aliphatic heterocycles. The van der Waals surface area contributed by atoms with Crippen LogP contribution in [0.5, 0.6) is 0 Å². The molecule has 1 atom stereocenters. The van der Waals surface area contributed by atoms with Gasteiger partial charge in [-0.25, -0.2) is 0 Å². The van der Waals surface area contributed by atoms with E-state index in [4.69, 9.17) is 4.42 Å². The van der Waals surface area contributed by atoms with Crippen molar-refractivity contribution in [2.45, 2.75) is 52.0 Å². The fourth-order valence-corrected chi connectivity index (χ4v) is 2.37. The van der Waals surface area contributed by atoms with Crippen LogP contribution in [-0.2, 0) is 6.42 Å². The number of rotatable bonds is 7. The summed E-state index contributed by atoms with van der Waals surface area (Å²) in [5, 5.41) is 3.58. The number of nitrogens with one attached hydrogen (secondary N) is 1. The van der Waals surface area contributed by atoms with E-state index in [0.29, 0.717) is 6.04 Å². The number of aryl methyl sites for hydroxylation is 1. The van der Waals surface area contributed by atoms with Gasteiger partial charge in [-0.3, -0.25) is 0 Å². The highest BCUT2D eigenvalue weighted by atomic mass is 16.3. The van der Waals surface area contributed by atoms with Gasteiger partial charge in [0.1, 0.15) is 5.76 Å². The Bertz CT molecular complexity index is 314. The Balaban J connectivity index is 1.98. The van der Waals surface area contributed by atoms with Crippen LogP contribution < -0.4 is 5.32 Å². The minimum atomic E-state index is 0.499. The van der Waals surface area contributed by atoms with E-state index in [1.54, 1.807) is 0 Å². The van der Waals surface area contributed by atoms with Crippen LogP contribution in [0.2, 0.25) is 0 Å². The van der Waals surface area contributed by atoms with E-state index in [1.807, 2.05) is 6.26 Å². The second-order valence-electron chi connectivity index (χ2n) is 4.78. The van der Waals surface area contributed by atoms with Gasteiger partial charge in [-0.1, -0.05) is 26.7 Å². The van der Waals surface area contributed by atoms with Gasteiger partial charge in [0.25, 0.3) is 0 Å². The van der Waals surface area contributed by atoms with Crippen LogP contribution in [0.3, 0.4) is 0 Å². The molecule has 90 valence electrons. The first-order chi connectivity index (χ1) is 7.85. The average Bonchev–Trinajstić information content (AvgIpc) is 3.00. The van der Waals surface area contributed by atoms with E-state index in [-0.39, 0.29) is 0 Å². The molecule has 16 heavy (non-hydrogen) atoms. The van der Waals surface area contributed by atoms with Crippen LogP contribution in [0.25, 0.3) is 0 Å². The van der Waals surface area contributed by atoms with Gasteiger partial charge in [-0.05, 0) is 31.4 Å². The highest BCUT2D eigenvalue weighted by Crippen LogP contribution is 2.36. The van der Waals surface area contributed by atoms with Gasteiger partial charge >= 0.3 is 0 Å². The summed E-state index contributed by atoms with van der Waals surface area (Å²) in [5.74, 6) is 2.17. The first kappa shape index (κ1) is 11.7. The molecule has 1 fully saturated rings. The third-order valence-corrected chi connectivity index (χ3v) is 3.49. The van der Waals surface area contributed by atoms with E-state index in [0.717, 1.165) is 24.6 Å². The molecule has 1 aromatic heterocycles. The van der Waals surface area contributed by atoms with E-state index < -0.39 is 0 Å². The molecule has 1 saturated carbocycles. The zero-order valence-electron chi connectivity index (χ0n) is 10.5. The highest BCUT2D eigenvalue weighted by molar-refractivity contribution is 5.21. The summed E-state index contributed by atoms with van der Waals surface area (Å²) >= 11 is 0. The van der Waals surface area contributed by atoms with Crippen LogP contribution in [0.4, 0.5) is 0 Å². The molecule has 1 N–H and O–H groups in total. The lowest BCUT2D eigenvalue weighted by Gasteiger charge is -2.17. The fourth-order valence-electron chi connectivity index (χ4n) is 2.37. The fraction of sp³-hybridized carbons (Fsp3) is 0.714. The van der Waals surface area contributed by atoms with Crippen LogP contribution in [-0.4, -0.2) is 6.54 Å². The maximum absolute atomic E-state index is 5.52. The van der Waals surface area contributed by atoms with Gasteiger partial charge in [0.2, 0.25) is 0 Å². The van der Waals surface area contributed by atoms with Gasteiger partial charge < -0.3 is 9.73 Å². The van der Waals surface area contributed by atoms with Crippen LogP contribution in [0.1, 0.15) is 56.9 Å². The first-order valence-electron chi connectivity index (χ1n) is 6.64. The minimum absolute atomic E-state index is 0.499.